The summed E-state index contributed by atoms with van der Waals surface area (Å²) in [6.07, 6.45) is -4.43. The molecule has 1 saturated heterocycles. The van der Waals surface area contributed by atoms with Gasteiger partial charge in [-0.25, -0.2) is 0 Å². The zero-order chi connectivity index (χ0) is 19.6. The van der Waals surface area contributed by atoms with Crippen molar-refractivity contribution in [3.8, 4) is 11.5 Å². The Morgan fingerprint density at radius 2 is 1.74 bits per heavy atom. The number of halogens is 3. The molecule has 3 rings (SSSR count). The first-order chi connectivity index (χ1) is 12.9. The van der Waals surface area contributed by atoms with E-state index in [1.54, 1.807) is 29.2 Å². The van der Waals surface area contributed by atoms with Crippen LogP contribution in [-0.4, -0.2) is 37.3 Å². The number of nitrogens with zero attached hydrogens (tertiary/aromatic N) is 1. The molecule has 1 unspecified atom stereocenters. The first-order valence-corrected chi connectivity index (χ1v) is 9.22. The Morgan fingerprint density at radius 1 is 1.11 bits per heavy atom. The van der Waals surface area contributed by atoms with Crippen LogP contribution in [-0.2, 0) is 6.18 Å². The maximum absolute atomic E-state index is 13.2. The Morgan fingerprint density at radius 3 is 2.33 bits per heavy atom. The van der Waals surface area contributed by atoms with Crippen LogP contribution in [0, 0.1) is 0 Å². The van der Waals surface area contributed by atoms with Crippen LogP contribution in [0.4, 0.5) is 13.2 Å². The van der Waals surface area contributed by atoms with Crippen LogP contribution in [0.5, 0.6) is 11.5 Å². The molecule has 8 heteroatoms. The molecule has 4 nitrogen and oxygen atoms in total. The number of alkyl halides is 3. The van der Waals surface area contributed by atoms with Crippen LogP contribution in [0.2, 0.25) is 0 Å². The molecule has 0 aliphatic carbocycles. The highest BCUT2D eigenvalue weighted by molar-refractivity contribution is 7.99. The summed E-state index contributed by atoms with van der Waals surface area (Å²) in [7, 11) is 2.91. The maximum atomic E-state index is 13.2. The molecule has 144 valence electrons. The molecule has 1 amide bonds. The number of rotatable bonds is 4. The highest BCUT2D eigenvalue weighted by atomic mass is 32.2. The molecule has 0 radical (unpaired) electrons. The molecule has 0 aromatic heterocycles. The van der Waals surface area contributed by atoms with E-state index in [1.807, 2.05) is 0 Å². The fourth-order valence-electron chi connectivity index (χ4n) is 3.03. The van der Waals surface area contributed by atoms with Gasteiger partial charge in [-0.15, -0.1) is 11.8 Å². The summed E-state index contributed by atoms with van der Waals surface area (Å²) in [6, 6.07) is 10.1. The van der Waals surface area contributed by atoms with E-state index < -0.39 is 17.1 Å². The van der Waals surface area contributed by atoms with E-state index in [9.17, 15) is 18.0 Å². The number of amides is 1. The molecule has 2 aromatic carbocycles. The van der Waals surface area contributed by atoms with Gasteiger partial charge in [-0.1, -0.05) is 18.2 Å². The Bertz CT molecular complexity index is 819. The van der Waals surface area contributed by atoms with Gasteiger partial charge < -0.3 is 14.4 Å². The Kier molecular flexibility index (Phi) is 5.55. The van der Waals surface area contributed by atoms with Gasteiger partial charge in [-0.05, 0) is 29.8 Å². The molecule has 1 aliphatic heterocycles. The smallest absolute Gasteiger partial charge is 0.416 e. The number of hydrogen-bond donors (Lipinski definition) is 0. The first kappa shape index (κ1) is 19.4. The second-order valence-electron chi connectivity index (χ2n) is 5.88. The van der Waals surface area contributed by atoms with E-state index in [0.717, 1.165) is 12.1 Å². The highest BCUT2D eigenvalue weighted by Crippen LogP contribution is 2.42. The van der Waals surface area contributed by atoms with Crippen molar-refractivity contribution in [3.05, 3.63) is 59.2 Å². The van der Waals surface area contributed by atoms with Crippen LogP contribution in [0.3, 0.4) is 0 Å². The summed E-state index contributed by atoms with van der Waals surface area (Å²) in [5, 5.41) is -0.505. The standard InChI is InChI=1S/C19H18F3NO3S/c1-25-14-7-4-8-15(26-2)16(14)17(24)23-9-10-27-18(23)12-5-3-6-13(11-12)19(20,21)22/h3-8,11,18H,9-10H2,1-2H3. The van der Waals surface area contributed by atoms with E-state index in [4.69, 9.17) is 9.47 Å². The van der Waals surface area contributed by atoms with Crippen molar-refractivity contribution >= 4 is 17.7 Å². The number of methoxy groups -OCH3 is 2. The van der Waals surface area contributed by atoms with Crippen LogP contribution in [0.15, 0.2) is 42.5 Å². The first-order valence-electron chi connectivity index (χ1n) is 8.17. The van der Waals surface area contributed by atoms with Crippen molar-refractivity contribution < 1.29 is 27.4 Å². The van der Waals surface area contributed by atoms with Gasteiger partial charge in [0.2, 0.25) is 0 Å². The van der Waals surface area contributed by atoms with Crippen molar-refractivity contribution in [2.24, 2.45) is 0 Å². The molecule has 0 saturated carbocycles. The average Bonchev–Trinajstić information content (AvgIpc) is 3.16. The lowest BCUT2D eigenvalue weighted by molar-refractivity contribution is -0.137. The fraction of sp³-hybridized carbons (Fsp3) is 0.316. The molecule has 1 heterocycles. The zero-order valence-electron chi connectivity index (χ0n) is 14.7. The number of ether oxygens (including phenoxy) is 2. The van der Waals surface area contributed by atoms with Crippen LogP contribution in [0.1, 0.15) is 26.9 Å². The fourth-order valence-corrected chi connectivity index (χ4v) is 4.27. The van der Waals surface area contributed by atoms with Gasteiger partial charge in [0.05, 0.1) is 19.8 Å². The minimum absolute atomic E-state index is 0.266. The Hall–Kier alpha value is -2.35. The molecule has 0 bridgehead atoms. The lowest BCUT2D eigenvalue weighted by Gasteiger charge is -2.26. The lowest BCUT2D eigenvalue weighted by Crippen LogP contribution is -2.31. The second-order valence-corrected chi connectivity index (χ2v) is 7.07. The van der Waals surface area contributed by atoms with Crippen molar-refractivity contribution in [2.45, 2.75) is 11.6 Å². The number of hydrogen-bond acceptors (Lipinski definition) is 4. The highest BCUT2D eigenvalue weighted by Gasteiger charge is 2.36. The average molecular weight is 397 g/mol. The summed E-state index contributed by atoms with van der Waals surface area (Å²) >= 11 is 1.43. The van der Waals surface area contributed by atoms with Crippen molar-refractivity contribution in [1.82, 2.24) is 4.90 Å². The lowest BCUT2D eigenvalue weighted by atomic mass is 10.1. The molecule has 27 heavy (non-hydrogen) atoms. The summed E-state index contributed by atoms with van der Waals surface area (Å²) < 4.78 is 49.7. The molecule has 1 aliphatic rings. The van der Waals surface area contributed by atoms with Crippen LogP contribution < -0.4 is 9.47 Å². The monoisotopic (exact) mass is 397 g/mol. The van der Waals surface area contributed by atoms with Gasteiger partial charge in [-0.2, -0.15) is 13.2 Å². The summed E-state index contributed by atoms with van der Waals surface area (Å²) in [5.74, 6) is 1.01. The molecule has 1 fully saturated rings. The number of thioether (sulfide) groups is 1. The quantitative estimate of drug-likeness (QED) is 0.755. The van der Waals surface area contributed by atoms with Gasteiger partial charge in [0.15, 0.2) is 0 Å². The SMILES string of the molecule is COc1cccc(OC)c1C(=O)N1CCSC1c1cccc(C(F)(F)F)c1. The van der Waals surface area contributed by atoms with E-state index in [-0.39, 0.29) is 11.5 Å². The largest absolute Gasteiger partial charge is 0.496 e. The second kappa shape index (κ2) is 7.72. The Balaban J connectivity index is 1.97. The van der Waals surface area contributed by atoms with Gasteiger partial charge >= 0.3 is 6.18 Å². The van der Waals surface area contributed by atoms with Crippen molar-refractivity contribution in [1.29, 1.82) is 0 Å². The van der Waals surface area contributed by atoms with Gasteiger partial charge in [-0.3, -0.25) is 4.79 Å². The summed E-state index contributed by atoms with van der Waals surface area (Å²) in [4.78, 5) is 14.8. The van der Waals surface area contributed by atoms with Crippen molar-refractivity contribution in [3.63, 3.8) is 0 Å². The van der Waals surface area contributed by atoms with Crippen LogP contribution in [0.25, 0.3) is 0 Å². The normalized spacial score (nSPS) is 17.1. The topological polar surface area (TPSA) is 38.8 Å². The molecule has 2 aromatic rings. The van der Waals surface area contributed by atoms with E-state index >= 15 is 0 Å². The predicted molar refractivity (Wildman–Crippen MR) is 97.2 cm³/mol. The van der Waals surface area contributed by atoms with Crippen LogP contribution >= 0.6 is 11.8 Å². The summed E-state index contributed by atoms with van der Waals surface area (Å²) in [5.41, 5.74) is -0.0220. The number of benzene rings is 2. The minimum atomic E-state index is -4.43. The zero-order valence-corrected chi connectivity index (χ0v) is 15.6. The third-order valence-electron chi connectivity index (χ3n) is 4.29. The van der Waals surface area contributed by atoms with E-state index in [1.165, 1.54) is 32.0 Å². The number of carbonyl (C=O) groups excluding carboxylic acids is 1. The van der Waals surface area contributed by atoms with Gasteiger partial charge in [0.1, 0.15) is 22.4 Å². The third-order valence-corrected chi connectivity index (χ3v) is 5.55. The van der Waals surface area contributed by atoms with Gasteiger partial charge in [0.25, 0.3) is 5.91 Å². The van der Waals surface area contributed by atoms with Crippen molar-refractivity contribution in [2.75, 3.05) is 26.5 Å². The number of carbonyl (C=O) groups is 1. The van der Waals surface area contributed by atoms with Gasteiger partial charge in [0, 0.05) is 12.3 Å². The maximum Gasteiger partial charge on any atom is 0.416 e. The third kappa shape index (κ3) is 3.85. The molecular weight excluding hydrogens is 379 g/mol. The van der Waals surface area contributed by atoms with E-state index in [2.05, 4.69) is 0 Å². The molecular formula is C19H18F3NO3S. The predicted octanol–water partition coefficient (Wildman–Crippen LogP) is 4.61. The summed E-state index contributed by atoms with van der Waals surface area (Å²) in [6.45, 7) is 0.422. The Labute approximate surface area is 159 Å². The minimum Gasteiger partial charge on any atom is -0.496 e. The molecule has 1 atom stereocenters. The molecule has 0 spiro atoms. The van der Waals surface area contributed by atoms with E-state index in [0.29, 0.717) is 29.4 Å². The molecule has 0 N–H and O–H groups in total.